The second kappa shape index (κ2) is 10.7. The average molecular weight is 354 g/mol. The normalized spacial score (nSPS) is 14.8. The summed E-state index contributed by atoms with van der Waals surface area (Å²) in [5.41, 5.74) is 0.814. The number of carbonyl (C=O) groups excluding carboxylic acids is 1. The second-order valence-corrected chi connectivity index (χ2v) is 5.34. The van der Waals surface area contributed by atoms with Gasteiger partial charge in [0.05, 0.1) is 17.5 Å². The van der Waals surface area contributed by atoms with Crippen molar-refractivity contribution in [1.82, 2.24) is 19.9 Å². The van der Waals surface area contributed by atoms with Gasteiger partial charge in [0, 0.05) is 25.8 Å². The molecule has 0 bridgehead atoms. The lowest BCUT2D eigenvalue weighted by atomic mass is 10.0. The van der Waals surface area contributed by atoms with Gasteiger partial charge in [-0.15, -0.1) is 12.8 Å². The number of likely N-dealkylation sites (tertiary alicyclic amines) is 1. The van der Waals surface area contributed by atoms with E-state index < -0.39 is 0 Å². The van der Waals surface area contributed by atoms with Crippen LogP contribution in [0.5, 0.6) is 0 Å². The number of terminal acetylenes is 1. The molecule has 7 nitrogen and oxygen atoms in total. The topological polar surface area (TPSA) is 88.9 Å². The van der Waals surface area contributed by atoms with E-state index in [0.717, 1.165) is 42.9 Å². The molecule has 1 atom stereocenters. The van der Waals surface area contributed by atoms with E-state index in [2.05, 4.69) is 39.6 Å². The van der Waals surface area contributed by atoms with Crippen LogP contribution in [0.3, 0.4) is 0 Å². The van der Waals surface area contributed by atoms with Crippen molar-refractivity contribution >= 4 is 22.8 Å². The molecule has 0 aliphatic carbocycles. The fourth-order valence-electron chi connectivity index (χ4n) is 2.86. The summed E-state index contributed by atoms with van der Waals surface area (Å²) in [4.78, 5) is 27.5. The smallest absolute Gasteiger partial charge is 0.237 e. The minimum Gasteiger partial charge on any atom is -0.354 e. The molecule has 3 heterocycles. The van der Waals surface area contributed by atoms with Crippen molar-refractivity contribution in [2.24, 2.45) is 0 Å². The predicted octanol–water partition coefficient (Wildman–Crippen LogP) is 2.57. The fourth-order valence-corrected chi connectivity index (χ4v) is 2.86. The van der Waals surface area contributed by atoms with Crippen LogP contribution in [0.2, 0.25) is 0 Å². The van der Waals surface area contributed by atoms with Gasteiger partial charge in [-0.25, -0.2) is 9.97 Å². The molecule has 0 radical (unpaired) electrons. The standard InChI is InChI=1S/C15H18N6O.C2H6.C2H2/c1-2-20(9-11-5-8-21(11)13(22)3-6-16)15-12-4-7-17-14(12)18-10-19-15;2*1-2/h4,7,10-11H,2-3,5,8-9H2,1H3,(H,17,18,19);1-2H3;1-2H/t11-;;/m1../s1. The molecule has 3 rings (SSSR count). The molecule has 2 aromatic rings. The van der Waals surface area contributed by atoms with Gasteiger partial charge >= 0.3 is 0 Å². The Balaban J connectivity index is 0.000000791. The molecule has 0 saturated carbocycles. The predicted molar refractivity (Wildman–Crippen MR) is 103 cm³/mol. The monoisotopic (exact) mass is 354 g/mol. The van der Waals surface area contributed by atoms with Gasteiger partial charge in [-0.3, -0.25) is 4.79 Å². The maximum Gasteiger partial charge on any atom is 0.237 e. The van der Waals surface area contributed by atoms with Crippen molar-refractivity contribution in [3.8, 4) is 18.9 Å². The zero-order valence-corrected chi connectivity index (χ0v) is 15.6. The summed E-state index contributed by atoms with van der Waals surface area (Å²) in [6.45, 7) is 8.34. The van der Waals surface area contributed by atoms with E-state index in [1.54, 1.807) is 11.2 Å². The van der Waals surface area contributed by atoms with Gasteiger partial charge in [-0.2, -0.15) is 5.26 Å². The van der Waals surface area contributed by atoms with E-state index in [9.17, 15) is 4.79 Å². The van der Waals surface area contributed by atoms with Gasteiger partial charge in [-0.1, -0.05) is 13.8 Å². The first-order valence-corrected chi connectivity index (χ1v) is 8.77. The van der Waals surface area contributed by atoms with Crippen LogP contribution in [-0.4, -0.2) is 51.4 Å². The molecule has 7 heteroatoms. The van der Waals surface area contributed by atoms with E-state index in [1.807, 2.05) is 32.2 Å². The molecule has 1 aliphatic rings. The summed E-state index contributed by atoms with van der Waals surface area (Å²) in [7, 11) is 0. The highest BCUT2D eigenvalue weighted by Gasteiger charge is 2.33. The summed E-state index contributed by atoms with van der Waals surface area (Å²) < 4.78 is 0. The Morgan fingerprint density at radius 2 is 2.19 bits per heavy atom. The SMILES string of the molecule is C#C.CC.CCN(C[C@H]1CCN1C(=O)CC#N)c1ncnc2[nH]ccc12. The lowest BCUT2D eigenvalue weighted by molar-refractivity contribution is -0.137. The number of nitriles is 1. The van der Waals surface area contributed by atoms with Crippen LogP contribution in [0.4, 0.5) is 5.82 Å². The third-order valence-corrected chi connectivity index (χ3v) is 4.14. The molecule has 138 valence electrons. The Kier molecular flexibility index (Phi) is 8.66. The lowest BCUT2D eigenvalue weighted by Gasteiger charge is -2.43. The first-order chi connectivity index (χ1) is 12.7. The third-order valence-electron chi connectivity index (χ3n) is 4.14. The van der Waals surface area contributed by atoms with Crippen LogP contribution >= 0.6 is 0 Å². The first-order valence-electron chi connectivity index (χ1n) is 8.77. The van der Waals surface area contributed by atoms with Crippen LogP contribution in [0.15, 0.2) is 18.6 Å². The molecule has 1 fully saturated rings. The Bertz CT molecular complexity index is 760. The highest BCUT2D eigenvalue weighted by Crippen LogP contribution is 2.25. The number of anilines is 1. The van der Waals surface area contributed by atoms with E-state index >= 15 is 0 Å². The van der Waals surface area contributed by atoms with E-state index in [-0.39, 0.29) is 18.4 Å². The van der Waals surface area contributed by atoms with Crippen LogP contribution in [-0.2, 0) is 4.79 Å². The highest BCUT2D eigenvalue weighted by atomic mass is 16.2. The van der Waals surface area contributed by atoms with Crippen molar-refractivity contribution in [1.29, 1.82) is 5.26 Å². The molecule has 0 spiro atoms. The number of carbonyl (C=O) groups is 1. The van der Waals surface area contributed by atoms with Crippen LogP contribution < -0.4 is 4.90 Å². The number of fused-ring (bicyclic) bond motifs is 1. The minimum atomic E-state index is -0.0794. The Labute approximate surface area is 155 Å². The zero-order valence-electron chi connectivity index (χ0n) is 15.6. The summed E-state index contributed by atoms with van der Waals surface area (Å²) in [6, 6.07) is 4.05. The Morgan fingerprint density at radius 1 is 1.46 bits per heavy atom. The molecule has 26 heavy (non-hydrogen) atoms. The Morgan fingerprint density at radius 3 is 2.77 bits per heavy atom. The quantitative estimate of drug-likeness (QED) is 0.834. The maximum atomic E-state index is 11.9. The van der Waals surface area contributed by atoms with Crippen molar-refractivity contribution < 1.29 is 4.79 Å². The molecular weight excluding hydrogens is 328 g/mol. The number of aromatic nitrogens is 3. The number of H-pyrrole nitrogens is 1. The number of likely N-dealkylation sites (N-methyl/N-ethyl adjacent to an activating group) is 1. The molecule has 1 saturated heterocycles. The number of amides is 1. The lowest BCUT2D eigenvalue weighted by Crippen LogP contribution is -2.56. The van der Waals surface area contributed by atoms with Gasteiger partial charge in [-0.05, 0) is 19.4 Å². The summed E-state index contributed by atoms with van der Waals surface area (Å²) in [5, 5.41) is 9.65. The van der Waals surface area contributed by atoms with Crippen LogP contribution in [0.25, 0.3) is 11.0 Å². The molecule has 0 aromatic carbocycles. The number of hydrogen-bond donors (Lipinski definition) is 1. The fraction of sp³-hybridized carbons (Fsp3) is 0.474. The van der Waals surface area contributed by atoms with Gasteiger partial charge in [0.15, 0.2) is 0 Å². The highest BCUT2D eigenvalue weighted by molar-refractivity contribution is 5.87. The van der Waals surface area contributed by atoms with Crippen LogP contribution in [0, 0.1) is 24.2 Å². The van der Waals surface area contributed by atoms with E-state index in [1.165, 1.54) is 0 Å². The number of nitrogens with zero attached hydrogens (tertiary/aromatic N) is 5. The molecule has 1 amide bonds. The van der Waals surface area contributed by atoms with E-state index in [4.69, 9.17) is 5.26 Å². The van der Waals surface area contributed by atoms with Gasteiger partial charge in [0.2, 0.25) is 5.91 Å². The third kappa shape index (κ3) is 4.52. The minimum absolute atomic E-state index is 0.0435. The number of hydrogen-bond acceptors (Lipinski definition) is 5. The molecule has 2 aromatic heterocycles. The maximum absolute atomic E-state index is 11.9. The number of aromatic amines is 1. The Hall–Kier alpha value is -3.06. The molecule has 0 unspecified atom stereocenters. The summed E-state index contributed by atoms with van der Waals surface area (Å²) >= 11 is 0. The van der Waals surface area contributed by atoms with Gasteiger partial charge < -0.3 is 14.8 Å². The number of rotatable bonds is 5. The van der Waals surface area contributed by atoms with Crippen molar-refractivity contribution in [3.05, 3.63) is 18.6 Å². The van der Waals surface area contributed by atoms with Crippen LogP contribution in [0.1, 0.15) is 33.6 Å². The largest absolute Gasteiger partial charge is 0.354 e. The van der Waals surface area contributed by atoms with E-state index in [0.29, 0.717) is 0 Å². The van der Waals surface area contributed by atoms with Crippen molar-refractivity contribution in [2.45, 2.75) is 39.7 Å². The molecule has 1 N–H and O–H groups in total. The summed E-state index contributed by atoms with van der Waals surface area (Å²) in [6.07, 6.45) is 12.3. The number of nitrogens with one attached hydrogen (secondary N) is 1. The first kappa shape index (κ1) is 21.0. The summed E-state index contributed by atoms with van der Waals surface area (Å²) in [5.74, 6) is 0.803. The second-order valence-electron chi connectivity index (χ2n) is 5.34. The molecular formula is C19H26N6O. The van der Waals surface area contributed by atoms with Gasteiger partial charge in [0.1, 0.15) is 24.2 Å². The van der Waals surface area contributed by atoms with Crippen molar-refractivity contribution in [3.63, 3.8) is 0 Å². The average Bonchev–Trinajstić information content (AvgIpc) is 3.14. The van der Waals surface area contributed by atoms with Gasteiger partial charge in [0.25, 0.3) is 0 Å². The van der Waals surface area contributed by atoms with Crippen molar-refractivity contribution in [2.75, 3.05) is 24.5 Å². The zero-order chi connectivity index (χ0) is 19.5. The molecule has 1 aliphatic heterocycles.